The summed E-state index contributed by atoms with van der Waals surface area (Å²) in [6.07, 6.45) is 2.63. The average molecular weight is 418 g/mol. The molecule has 0 fully saturated rings. The van der Waals surface area contributed by atoms with E-state index in [4.69, 9.17) is 4.98 Å². The van der Waals surface area contributed by atoms with Crippen molar-refractivity contribution in [2.45, 2.75) is 39.7 Å². The number of benzene rings is 2. The maximum absolute atomic E-state index is 14.0. The number of phenols is 1. The number of aromatic hydroxyl groups is 1. The first-order valence-corrected chi connectivity index (χ1v) is 10.7. The number of fused-ring (bicyclic) bond motifs is 2. The maximum atomic E-state index is 14.0. The van der Waals surface area contributed by atoms with E-state index in [0.29, 0.717) is 6.42 Å². The number of hydrogen-bond donors (Lipinski definition) is 3. The van der Waals surface area contributed by atoms with Crippen molar-refractivity contribution in [2.24, 2.45) is 0 Å². The van der Waals surface area contributed by atoms with E-state index in [-0.39, 0.29) is 5.75 Å². The summed E-state index contributed by atoms with van der Waals surface area (Å²) in [6.45, 7) is 8.27. The number of nitrogens with zero attached hydrogens (tertiary/aromatic N) is 3. The summed E-state index contributed by atoms with van der Waals surface area (Å²) in [5, 5.41) is 18.3. The topological polar surface area (TPSA) is 80.8 Å². The minimum atomic E-state index is -0.618. The molecule has 0 bridgehead atoms. The fourth-order valence-corrected chi connectivity index (χ4v) is 4.33. The molecule has 4 aromatic rings. The van der Waals surface area contributed by atoms with E-state index in [1.807, 2.05) is 25.1 Å². The van der Waals surface area contributed by atoms with E-state index in [0.717, 1.165) is 76.4 Å². The van der Waals surface area contributed by atoms with Crippen LogP contribution < -0.4 is 0 Å². The van der Waals surface area contributed by atoms with E-state index in [9.17, 15) is 9.50 Å². The zero-order valence-electron chi connectivity index (χ0n) is 17.7. The molecule has 159 valence electrons. The van der Waals surface area contributed by atoms with Crippen LogP contribution in [0, 0.1) is 12.4 Å². The van der Waals surface area contributed by atoms with Gasteiger partial charge in [-0.05, 0) is 60.3 Å². The summed E-state index contributed by atoms with van der Waals surface area (Å²) in [7, 11) is 0. The zero-order valence-corrected chi connectivity index (χ0v) is 17.7. The monoisotopic (exact) mass is 418 g/mol. The van der Waals surface area contributed by atoms with Crippen LogP contribution in [0.15, 0.2) is 30.3 Å². The van der Waals surface area contributed by atoms with Gasteiger partial charge < -0.3 is 10.1 Å². The van der Waals surface area contributed by atoms with Crippen LogP contribution in [0.1, 0.15) is 37.2 Å². The lowest BCUT2D eigenvalue weighted by Crippen LogP contribution is -2.27. The molecule has 0 amide bonds. The van der Waals surface area contributed by atoms with E-state index >= 15 is 0 Å². The van der Waals surface area contributed by atoms with Gasteiger partial charge in [0.25, 0.3) is 0 Å². The molecule has 2 aromatic carbocycles. The second-order valence-electron chi connectivity index (χ2n) is 8.01. The Kier molecular flexibility index (Phi) is 4.98. The van der Waals surface area contributed by atoms with Gasteiger partial charge >= 0.3 is 0 Å². The Morgan fingerprint density at radius 2 is 2.06 bits per heavy atom. The minimum Gasteiger partial charge on any atom is -0.505 e. The molecule has 1 radical (unpaired) electrons. The van der Waals surface area contributed by atoms with Gasteiger partial charge in [0.05, 0.1) is 16.9 Å². The van der Waals surface area contributed by atoms with Gasteiger partial charge in [0.15, 0.2) is 17.4 Å². The second-order valence-corrected chi connectivity index (χ2v) is 8.01. The Balaban J connectivity index is 1.51. The number of phenolic OH excluding ortho intramolecular Hbond substituents is 1. The van der Waals surface area contributed by atoms with Crippen molar-refractivity contribution in [1.82, 2.24) is 25.1 Å². The summed E-state index contributed by atoms with van der Waals surface area (Å²) < 4.78 is 14.0. The lowest BCUT2D eigenvalue weighted by atomic mass is 9.96. The van der Waals surface area contributed by atoms with Crippen molar-refractivity contribution in [3.63, 3.8) is 0 Å². The molecule has 0 saturated heterocycles. The SMILES string of the molecule is CCCN1[CH]Cc2nc(-c3n[nH]c4cc(-c5cc(F)c(O)cc5CC)ccc34)[nH]c2C1. The maximum Gasteiger partial charge on any atom is 0.165 e. The molecule has 7 heteroatoms. The summed E-state index contributed by atoms with van der Waals surface area (Å²) in [5.41, 5.74) is 6.40. The van der Waals surface area contributed by atoms with Gasteiger partial charge in [0, 0.05) is 24.9 Å². The van der Waals surface area contributed by atoms with E-state index in [1.165, 1.54) is 12.1 Å². The van der Waals surface area contributed by atoms with Gasteiger partial charge in [0.2, 0.25) is 0 Å². The number of aromatic nitrogens is 4. The Bertz CT molecular complexity index is 1260. The van der Waals surface area contributed by atoms with Gasteiger partial charge in [-0.15, -0.1) is 0 Å². The molecule has 0 atom stereocenters. The highest BCUT2D eigenvalue weighted by atomic mass is 19.1. The number of nitrogens with one attached hydrogen (secondary N) is 2. The van der Waals surface area contributed by atoms with Gasteiger partial charge in [-0.3, -0.25) is 10.00 Å². The molecule has 31 heavy (non-hydrogen) atoms. The molecule has 2 aromatic heterocycles. The molecule has 1 aliphatic heterocycles. The number of aromatic amines is 2. The fourth-order valence-electron chi connectivity index (χ4n) is 4.33. The molecule has 1 aliphatic rings. The Morgan fingerprint density at radius 1 is 1.19 bits per heavy atom. The van der Waals surface area contributed by atoms with Crippen LogP contribution in [-0.2, 0) is 19.4 Å². The third-order valence-corrected chi connectivity index (χ3v) is 5.93. The average Bonchev–Trinajstić information content (AvgIpc) is 3.38. The van der Waals surface area contributed by atoms with Crippen molar-refractivity contribution in [1.29, 1.82) is 0 Å². The zero-order chi connectivity index (χ0) is 21.5. The Hall–Kier alpha value is -3.19. The lowest BCUT2D eigenvalue weighted by molar-refractivity contribution is 0.303. The molecule has 0 spiro atoms. The molecule has 0 aliphatic carbocycles. The van der Waals surface area contributed by atoms with Crippen molar-refractivity contribution >= 4 is 10.9 Å². The number of imidazole rings is 1. The van der Waals surface area contributed by atoms with Crippen LogP contribution >= 0.6 is 0 Å². The van der Waals surface area contributed by atoms with Crippen molar-refractivity contribution in [2.75, 3.05) is 6.54 Å². The minimum absolute atomic E-state index is 0.318. The molecule has 0 saturated carbocycles. The number of halogens is 1. The van der Waals surface area contributed by atoms with Crippen LogP contribution in [0.4, 0.5) is 4.39 Å². The molecule has 3 N–H and O–H groups in total. The Morgan fingerprint density at radius 3 is 2.87 bits per heavy atom. The van der Waals surface area contributed by atoms with Gasteiger partial charge in [-0.25, -0.2) is 9.37 Å². The van der Waals surface area contributed by atoms with Crippen LogP contribution in [-0.4, -0.2) is 36.7 Å². The smallest absolute Gasteiger partial charge is 0.165 e. The van der Waals surface area contributed by atoms with Gasteiger partial charge in [-0.2, -0.15) is 5.10 Å². The lowest BCUT2D eigenvalue weighted by Gasteiger charge is -2.24. The van der Waals surface area contributed by atoms with E-state index in [1.54, 1.807) is 0 Å². The summed E-state index contributed by atoms with van der Waals surface area (Å²) in [6, 6.07) is 8.82. The number of H-pyrrole nitrogens is 2. The molecular formula is C24H25FN5O. The molecular weight excluding hydrogens is 393 g/mol. The number of hydrogen-bond acceptors (Lipinski definition) is 4. The standard InChI is InChI=1S/C24H25FN5O/c1-3-8-30-9-7-19-21(13-30)27-24(26-19)23-16-6-5-15(10-20(16)28-29-23)17-12-18(25)22(31)11-14(17)4-2/h5-6,9-12,31H,3-4,7-8,13H2,1-2H3,(H,26,27)(H,28,29). The quantitative estimate of drug-likeness (QED) is 0.428. The van der Waals surface area contributed by atoms with Gasteiger partial charge in [-0.1, -0.05) is 19.9 Å². The third kappa shape index (κ3) is 3.49. The molecule has 0 unspecified atom stereocenters. The highest BCUT2D eigenvalue weighted by Gasteiger charge is 2.22. The predicted molar refractivity (Wildman–Crippen MR) is 119 cm³/mol. The second kappa shape index (κ2) is 7.81. The molecule has 6 nitrogen and oxygen atoms in total. The van der Waals surface area contributed by atoms with E-state index in [2.05, 4.69) is 33.5 Å². The summed E-state index contributed by atoms with van der Waals surface area (Å²) in [4.78, 5) is 10.6. The van der Waals surface area contributed by atoms with Gasteiger partial charge in [0.1, 0.15) is 5.69 Å². The highest BCUT2D eigenvalue weighted by Crippen LogP contribution is 2.34. The number of aryl methyl sites for hydroxylation is 1. The van der Waals surface area contributed by atoms with E-state index < -0.39 is 5.82 Å². The first-order chi connectivity index (χ1) is 15.1. The normalized spacial score (nSPS) is 14.3. The van der Waals surface area contributed by atoms with Crippen molar-refractivity contribution in [3.8, 4) is 28.4 Å². The Labute approximate surface area is 180 Å². The van der Waals surface area contributed by atoms with Crippen molar-refractivity contribution < 1.29 is 9.50 Å². The third-order valence-electron chi connectivity index (χ3n) is 5.93. The summed E-state index contributed by atoms with van der Waals surface area (Å²) >= 11 is 0. The largest absolute Gasteiger partial charge is 0.505 e. The number of rotatable bonds is 5. The van der Waals surface area contributed by atoms with Crippen LogP contribution in [0.3, 0.4) is 0 Å². The fraction of sp³-hybridized carbons (Fsp3) is 0.292. The van der Waals surface area contributed by atoms with Crippen LogP contribution in [0.5, 0.6) is 5.75 Å². The predicted octanol–water partition coefficient (Wildman–Crippen LogP) is 4.96. The molecule has 3 heterocycles. The summed E-state index contributed by atoms with van der Waals surface area (Å²) in [5.74, 6) is -0.171. The first-order valence-electron chi connectivity index (χ1n) is 10.7. The first kappa shape index (κ1) is 19.8. The molecule has 5 rings (SSSR count). The highest BCUT2D eigenvalue weighted by molar-refractivity contribution is 5.94. The van der Waals surface area contributed by atoms with Crippen LogP contribution in [0.25, 0.3) is 33.5 Å². The van der Waals surface area contributed by atoms with Crippen LogP contribution in [0.2, 0.25) is 0 Å². The van der Waals surface area contributed by atoms with Crippen molar-refractivity contribution in [3.05, 3.63) is 59.6 Å².